The van der Waals surface area contributed by atoms with Gasteiger partial charge < -0.3 is 5.32 Å². The van der Waals surface area contributed by atoms with E-state index in [1.165, 1.54) is 18.4 Å². The van der Waals surface area contributed by atoms with Gasteiger partial charge in [0.25, 0.3) is 0 Å². The predicted octanol–water partition coefficient (Wildman–Crippen LogP) is 5.53. The van der Waals surface area contributed by atoms with Gasteiger partial charge in [0.05, 0.1) is 0 Å². The fourth-order valence-corrected chi connectivity index (χ4v) is 4.88. The number of piperidine rings is 1. The van der Waals surface area contributed by atoms with E-state index < -0.39 is 0 Å². The smallest absolute Gasteiger partial charge is 0.164 e. The zero-order valence-corrected chi connectivity index (χ0v) is 16.7. The van der Waals surface area contributed by atoms with Crippen molar-refractivity contribution in [3.05, 3.63) is 71.8 Å². The van der Waals surface area contributed by atoms with Gasteiger partial charge in [0.2, 0.25) is 0 Å². The van der Waals surface area contributed by atoms with E-state index in [2.05, 4.69) is 49.5 Å². The molecule has 2 nitrogen and oxygen atoms in total. The van der Waals surface area contributed by atoms with Crippen LogP contribution >= 0.6 is 0 Å². The van der Waals surface area contributed by atoms with Gasteiger partial charge in [-0.05, 0) is 42.7 Å². The average molecular weight is 364 g/mol. The number of Topliss-reactive ketones (excluding diaryl/α,β-unsaturated/α-hetero) is 1. The molecule has 4 unspecified atom stereocenters. The Bertz CT molecular complexity index is 697. The van der Waals surface area contributed by atoms with E-state index in [1.807, 2.05) is 30.3 Å². The van der Waals surface area contributed by atoms with Crippen LogP contribution in [0.2, 0.25) is 0 Å². The Morgan fingerprint density at radius 2 is 1.59 bits per heavy atom. The quantitative estimate of drug-likeness (QED) is 0.625. The predicted molar refractivity (Wildman–Crippen MR) is 113 cm³/mol. The van der Waals surface area contributed by atoms with Crippen LogP contribution < -0.4 is 5.32 Å². The van der Waals surface area contributed by atoms with Crippen LogP contribution in [0.3, 0.4) is 0 Å². The zero-order chi connectivity index (χ0) is 19.1. The van der Waals surface area contributed by atoms with E-state index in [9.17, 15) is 4.79 Å². The molecule has 1 aliphatic rings. The maximum Gasteiger partial charge on any atom is 0.164 e. The molecule has 0 aromatic heterocycles. The molecule has 3 rings (SSSR count). The lowest BCUT2D eigenvalue weighted by Gasteiger charge is -2.44. The van der Waals surface area contributed by atoms with E-state index >= 15 is 0 Å². The summed E-state index contributed by atoms with van der Waals surface area (Å²) in [5.74, 6) is 2.24. The Morgan fingerprint density at radius 3 is 2.22 bits per heavy atom. The number of carbonyl (C=O) groups is 1. The summed E-state index contributed by atoms with van der Waals surface area (Å²) in [7, 11) is 0. The lowest BCUT2D eigenvalue weighted by molar-refractivity contribution is 0.0806. The Labute approximate surface area is 164 Å². The van der Waals surface area contributed by atoms with Crippen molar-refractivity contribution >= 4 is 5.78 Å². The Kier molecular flexibility index (Phi) is 7.23. The van der Waals surface area contributed by atoms with E-state index in [4.69, 9.17) is 0 Å². The van der Waals surface area contributed by atoms with Gasteiger partial charge in [0.1, 0.15) is 0 Å². The zero-order valence-electron chi connectivity index (χ0n) is 16.7. The van der Waals surface area contributed by atoms with Crippen LogP contribution in [0.5, 0.6) is 0 Å². The number of hydrogen-bond donors (Lipinski definition) is 1. The van der Waals surface area contributed by atoms with Crippen molar-refractivity contribution in [1.29, 1.82) is 0 Å². The van der Waals surface area contributed by atoms with Crippen LogP contribution in [0.4, 0.5) is 0 Å². The molecule has 1 aliphatic heterocycles. The summed E-state index contributed by atoms with van der Waals surface area (Å²) < 4.78 is 0. The highest BCUT2D eigenvalue weighted by molar-refractivity contribution is 5.96. The average Bonchev–Trinajstić information content (AvgIpc) is 2.73. The van der Waals surface area contributed by atoms with Crippen LogP contribution in [0.25, 0.3) is 0 Å². The number of hydrogen-bond acceptors (Lipinski definition) is 2. The highest BCUT2D eigenvalue weighted by Gasteiger charge is 2.37. The Balaban J connectivity index is 1.69. The first-order valence-electron chi connectivity index (χ1n) is 10.6. The maximum absolute atomic E-state index is 12.8. The molecule has 144 valence electrons. The Morgan fingerprint density at radius 1 is 0.926 bits per heavy atom. The first kappa shape index (κ1) is 19.8. The molecule has 1 N–H and O–H groups in total. The molecule has 0 amide bonds. The van der Waals surface area contributed by atoms with E-state index in [1.54, 1.807) is 0 Å². The molecule has 0 bridgehead atoms. The fourth-order valence-electron chi connectivity index (χ4n) is 4.88. The molecule has 2 heteroatoms. The monoisotopic (exact) mass is 363 g/mol. The van der Waals surface area contributed by atoms with Crippen molar-refractivity contribution in [2.45, 2.75) is 52.0 Å². The summed E-state index contributed by atoms with van der Waals surface area (Å²) in [6, 6.07) is 20.9. The Hall–Kier alpha value is -1.93. The lowest BCUT2D eigenvalue weighted by Crippen LogP contribution is -2.51. The third kappa shape index (κ3) is 5.07. The summed E-state index contributed by atoms with van der Waals surface area (Å²) in [5.41, 5.74) is 2.27. The summed E-state index contributed by atoms with van der Waals surface area (Å²) in [4.78, 5) is 12.8. The van der Waals surface area contributed by atoms with Gasteiger partial charge in [0.15, 0.2) is 5.78 Å². The highest BCUT2D eigenvalue weighted by atomic mass is 16.1. The minimum absolute atomic E-state index is 0.267. The SMILES string of the molecule is CCC1CNC(CC(=O)c2ccccc2)C(CC)C1CCc1ccccc1. The van der Waals surface area contributed by atoms with Crippen molar-refractivity contribution < 1.29 is 4.79 Å². The number of ketones is 1. The van der Waals surface area contributed by atoms with Gasteiger partial charge >= 0.3 is 0 Å². The molecule has 2 aromatic carbocycles. The summed E-state index contributed by atoms with van der Waals surface area (Å²) in [6.45, 7) is 5.64. The van der Waals surface area contributed by atoms with Crippen molar-refractivity contribution in [3.63, 3.8) is 0 Å². The molecule has 4 atom stereocenters. The van der Waals surface area contributed by atoms with Crippen LogP contribution in [0.1, 0.15) is 55.5 Å². The van der Waals surface area contributed by atoms with Gasteiger partial charge in [-0.15, -0.1) is 0 Å². The van der Waals surface area contributed by atoms with E-state index in [0.717, 1.165) is 24.9 Å². The number of benzene rings is 2. The van der Waals surface area contributed by atoms with Crippen LogP contribution in [-0.4, -0.2) is 18.4 Å². The number of aryl methyl sites for hydroxylation is 1. The second kappa shape index (κ2) is 9.85. The third-order valence-electron chi connectivity index (χ3n) is 6.42. The molecule has 1 fully saturated rings. The number of carbonyl (C=O) groups excluding carboxylic acids is 1. The van der Waals surface area contributed by atoms with Gasteiger partial charge in [-0.1, -0.05) is 87.4 Å². The molecule has 1 saturated heterocycles. The summed E-state index contributed by atoms with van der Waals surface area (Å²) in [6.07, 6.45) is 5.31. The van der Waals surface area contributed by atoms with Crippen LogP contribution in [-0.2, 0) is 6.42 Å². The van der Waals surface area contributed by atoms with E-state index in [-0.39, 0.29) is 5.78 Å². The summed E-state index contributed by atoms with van der Waals surface area (Å²) >= 11 is 0. The molecule has 1 heterocycles. The second-order valence-corrected chi connectivity index (χ2v) is 7.94. The first-order chi connectivity index (χ1) is 13.2. The molecular formula is C25H33NO. The first-order valence-corrected chi connectivity index (χ1v) is 10.6. The van der Waals surface area contributed by atoms with Crippen molar-refractivity contribution in [1.82, 2.24) is 5.32 Å². The van der Waals surface area contributed by atoms with Crippen molar-refractivity contribution in [2.75, 3.05) is 6.54 Å². The van der Waals surface area contributed by atoms with Crippen LogP contribution in [0, 0.1) is 17.8 Å². The molecule has 0 spiro atoms. The lowest BCUT2D eigenvalue weighted by atomic mass is 9.69. The highest BCUT2D eigenvalue weighted by Crippen LogP contribution is 2.37. The van der Waals surface area contributed by atoms with Gasteiger partial charge in [-0.3, -0.25) is 4.79 Å². The molecule has 2 aromatic rings. The number of rotatable bonds is 8. The van der Waals surface area contributed by atoms with Crippen LogP contribution in [0.15, 0.2) is 60.7 Å². The topological polar surface area (TPSA) is 29.1 Å². The largest absolute Gasteiger partial charge is 0.313 e. The standard InChI is InChI=1S/C25H33NO/c1-3-20-18-26-24(17-25(27)21-13-9-6-10-14-21)22(4-2)23(20)16-15-19-11-7-5-8-12-19/h5-14,20,22-24,26H,3-4,15-18H2,1-2H3. The molecule has 0 radical (unpaired) electrons. The fraction of sp³-hybridized carbons (Fsp3) is 0.480. The molecule has 27 heavy (non-hydrogen) atoms. The minimum atomic E-state index is 0.267. The van der Waals surface area contributed by atoms with Gasteiger partial charge in [-0.25, -0.2) is 0 Å². The maximum atomic E-state index is 12.8. The van der Waals surface area contributed by atoms with E-state index in [0.29, 0.717) is 30.2 Å². The van der Waals surface area contributed by atoms with Gasteiger partial charge in [0, 0.05) is 18.0 Å². The summed E-state index contributed by atoms with van der Waals surface area (Å²) in [5, 5.41) is 3.73. The molecule has 0 saturated carbocycles. The van der Waals surface area contributed by atoms with Crippen molar-refractivity contribution in [2.24, 2.45) is 17.8 Å². The normalized spacial score (nSPS) is 25.3. The van der Waals surface area contributed by atoms with Gasteiger partial charge in [-0.2, -0.15) is 0 Å². The third-order valence-corrected chi connectivity index (χ3v) is 6.42. The minimum Gasteiger partial charge on any atom is -0.313 e. The molecule has 0 aliphatic carbocycles. The van der Waals surface area contributed by atoms with Crippen molar-refractivity contribution in [3.8, 4) is 0 Å². The second-order valence-electron chi connectivity index (χ2n) is 7.94. The molecular weight excluding hydrogens is 330 g/mol. The number of nitrogens with one attached hydrogen (secondary N) is 1.